The largest absolute Gasteiger partial charge is 0.505 e. The fourth-order valence-electron chi connectivity index (χ4n) is 5.62. The molecule has 2 N–H and O–H groups in total. The first-order valence-electron chi connectivity index (χ1n) is 11.2. The minimum absolute atomic E-state index is 0.111. The van der Waals surface area contributed by atoms with Crippen molar-refractivity contribution in [2.45, 2.75) is 95.7 Å². The molecule has 0 aliphatic heterocycles. The van der Waals surface area contributed by atoms with Gasteiger partial charge in [0.15, 0.2) is 5.75 Å². The van der Waals surface area contributed by atoms with Gasteiger partial charge in [-0.05, 0) is 80.4 Å². The summed E-state index contributed by atoms with van der Waals surface area (Å²) in [5, 5.41) is 21.5. The predicted molar refractivity (Wildman–Crippen MR) is 124 cm³/mol. The summed E-state index contributed by atoms with van der Waals surface area (Å²) >= 11 is 18.5. The zero-order valence-corrected chi connectivity index (χ0v) is 20.3. The smallest absolute Gasteiger partial charge is 0.153 e. The highest BCUT2D eigenvalue weighted by Gasteiger charge is 2.49. The molecule has 170 valence electrons. The number of fused-ring (bicyclic) bond motifs is 1. The maximum absolute atomic E-state index is 15.9. The van der Waals surface area contributed by atoms with Crippen molar-refractivity contribution in [2.75, 3.05) is 5.88 Å². The molecular weight excluding hydrogens is 446 g/mol. The van der Waals surface area contributed by atoms with Gasteiger partial charge in [0.25, 0.3) is 0 Å². The van der Waals surface area contributed by atoms with E-state index in [1.165, 1.54) is 0 Å². The number of aromatic hydroxyl groups is 1. The number of halogens is 4. The lowest BCUT2D eigenvalue weighted by Crippen LogP contribution is -2.42. The van der Waals surface area contributed by atoms with Crippen LogP contribution in [0.4, 0.5) is 4.39 Å². The van der Waals surface area contributed by atoms with Crippen LogP contribution in [0.15, 0.2) is 6.07 Å². The van der Waals surface area contributed by atoms with Crippen LogP contribution in [0.1, 0.15) is 88.7 Å². The Kier molecular flexibility index (Phi) is 7.92. The Morgan fingerprint density at radius 3 is 2.57 bits per heavy atom. The quantitative estimate of drug-likeness (QED) is 0.295. The summed E-state index contributed by atoms with van der Waals surface area (Å²) < 4.78 is 15.9. The van der Waals surface area contributed by atoms with E-state index in [-0.39, 0.29) is 21.7 Å². The number of aliphatic hydroxyl groups is 1. The van der Waals surface area contributed by atoms with E-state index in [4.69, 9.17) is 34.8 Å². The molecule has 30 heavy (non-hydrogen) atoms. The summed E-state index contributed by atoms with van der Waals surface area (Å²) in [5.41, 5.74) is 0.376. The molecule has 0 heterocycles. The summed E-state index contributed by atoms with van der Waals surface area (Å²) in [5.74, 6) is 0.542. The van der Waals surface area contributed by atoms with Crippen LogP contribution in [-0.4, -0.2) is 27.9 Å². The minimum Gasteiger partial charge on any atom is -0.505 e. The zero-order chi connectivity index (χ0) is 22.1. The summed E-state index contributed by atoms with van der Waals surface area (Å²) in [4.78, 5) is 0. The summed E-state index contributed by atoms with van der Waals surface area (Å²) in [6, 6.07) is 1.70. The molecule has 1 aromatic rings. The molecular formula is C24H34Cl3FO2. The highest BCUT2D eigenvalue weighted by molar-refractivity contribution is 6.37. The summed E-state index contributed by atoms with van der Waals surface area (Å²) in [6.45, 7) is 3.85. The van der Waals surface area contributed by atoms with Gasteiger partial charge in [-0.25, -0.2) is 4.39 Å². The van der Waals surface area contributed by atoms with Gasteiger partial charge in [0.05, 0.1) is 15.6 Å². The molecule has 6 heteroatoms. The molecule has 0 aromatic heterocycles. The molecule has 1 saturated carbocycles. The number of phenols is 1. The van der Waals surface area contributed by atoms with E-state index in [1.54, 1.807) is 6.07 Å². The van der Waals surface area contributed by atoms with Crippen LogP contribution < -0.4 is 0 Å². The van der Waals surface area contributed by atoms with E-state index >= 15 is 4.39 Å². The molecule has 0 saturated heterocycles. The molecule has 0 radical (unpaired) electrons. The maximum Gasteiger partial charge on any atom is 0.153 e. The second-order valence-corrected chi connectivity index (χ2v) is 11.1. The van der Waals surface area contributed by atoms with Crippen LogP contribution in [0, 0.1) is 11.3 Å². The van der Waals surface area contributed by atoms with Crippen molar-refractivity contribution in [3.8, 4) is 5.75 Å². The number of benzene rings is 1. The van der Waals surface area contributed by atoms with E-state index in [9.17, 15) is 10.2 Å². The molecule has 2 aliphatic carbocycles. The van der Waals surface area contributed by atoms with Crippen LogP contribution in [0.3, 0.4) is 0 Å². The minimum atomic E-state index is -1.10. The lowest BCUT2D eigenvalue weighted by atomic mass is 9.67. The molecule has 0 amide bonds. The van der Waals surface area contributed by atoms with Gasteiger partial charge < -0.3 is 10.2 Å². The summed E-state index contributed by atoms with van der Waals surface area (Å²) in [6.07, 6.45) is 7.27. The normalized spacial score (nSPS) is 32.2. The molecule has 0 bridgehead atoms. The number of hydrogen-bond acceptors (Lipinski definition) is 2. The van der Waals surface area contributed by atoms with Crippen LogP contribution in [0.25, 0.3) is 0 Å². The lowest BCUT2D eigenvalue weighted by molar-refractivity contribution is -0.0537. The van der Waals surface area contributed by atoms with Crippen LogP contribution in [0.5, 0.6) is 5.75 Å². The first-order valence-corrected chi connectivity index (χ1v) is 12.5. The van der Waals surface area contributed by atoms with Crippen molar-refractivity contribution in [2.24, 2.45) is 11.3 Å². The second-order valence-electron chi connectivity index (χ2n) is 9.95. The van der Waals surface area contributed by atoms with E-state index in [1.807, 2.05) is 13.8 Å². The maximum atomic E-state index is 15.9. The molecule has 1 fully saturated rings. The number of phenolic OH excluding ortho intramolecular Hbond substituents is 1. The second kappa shape index (κ2) is 9.73. The van der Waals surface area contributed by atoms with Crippen LogP contribution in [-0.2, 0) is 6.42 Å². The Morgan fingerprint density at radius 1 is 1.20 bits per heavy atom. The molecule has 3 rings (SSSR count). The fourth-order valence-corrected chi connectivity index (χ4v) is 6.36. The zero-order valence-electron chi connectivity index (χ0n) is 18.0. The van der Waals surface area contributed by atoms with Gasteiger partial charge in [0.1, 0.15) is 6.17 Å². The Bertz CT molecular complexity index is 754. The van der Waals surface area contributed by atoms with Crippen molar-refractivity contribution in [3.63, 3.8) is 0 Å². The fraction of sp³-hybridized carbons (Fsp3) is 0.750. The van der Waals surface area contributed by atoms with E-state index in [2.05, 4.69) is 0 Å². The van der Waals surface area contributed by atoms with Crippen LogP contribution in [0.2, 0.25) is 10.0 Å². The topological polar surface area (TPSA) is 40.5 Å². The highest BCUT2D eigenvalue weighted by atomic mass is 35.5. The van der Waals surface area contributed by atoms with Crippen molar-refractivity contribution < 1.29 is 14.6 Å². The Labute approximate surface area is 195 Å². The Balaban J connectivity index is 1.86. The van der Waals surface area contributed by atoms with Crippen molar-refractivity contribution in [3.05, 3.63) is 27.2 Å². The SMILES string of the molecule is CC1(O)CCCC1(C)CC(F)C1CC(CCCCCCl)Cc2c1cc(Cl)c(O)c2Cl. The summed E-state index contributed by atoms with van der Waals surface area (Å²) in [7, 11) is 0. The van der Waals surface area contributed by atoms with Gasteiger partial charge in [0.2, 0.25) is 0 Å². The third-order valence-corrected chi connectivity index (χ3v) is 8.79. The number of hydrogen-bond donors (Lipinski definition) is 2. The van der Waals surface area contributed by atoms with Crippen molar-refractivity contribution in [1.82, 2.24) is 0 Å². The monoisotopic (exact) mass is 478 g/mol. The van der Waals surface area contributed by atoms with E-state index in [0.717, 1.165) is 62.5 Å². The molecule has 2 nitrogen and oxygen atoms in total. The van der Waals surface area contributed by atoms with Gasteiger partial charge in [-0.3, -0.25) is 0 Å². The number of alkyl halides is 2. The van der Waals surface area contributed by atoms with Gasteiger partial charge >= 0.3 is 0 Å². The molecule has 5 unspecified atom stereocenters. The van der Waals surface area contributed by atoms with Gasteiger partial charge in [0, 0.05) is 11.8 Å². The Hall–Kier alpha value is -0.220. The Morgan fingerprint density at radius 2 is 1.93 bits per heavy atom. The van der Waals surface area contributed by atoms with Gasteiger partial charge in [-0.1, -0.05) is 49.4 Å². The standard InChI is InChI=1S/C24H34Cl3FO2/c1-23(8-6-9-24(23,2)30)14-20(28)17-11-15(7-4-3-5-10-25)12-18-16(17)13-19(26)22(29)21(18)27/h13,15,17,20,29-30H,3-12,14H2,1-2H3. The van der Waals surface area contributed by atoms with E-state index in [0.29, 0.717) is 24.6 Å². The first kappa shape index (κ1) is 24.4. The number of unbranched alkanes of at least 4 members (excludes halogenated alkanes) is 2. The van der Waals surface area contributed by atoms with Crippen molar-refractivity contribution >= 4 is 34.8 Å². The first-order chi connectivity index (χ1) is 14.1. The third kappa shape index (κ3) is 4.90. The van der Waals surface area contributed by atoms with Gasteiger partial charge in [-0.2, -0.15) is 0 Å². The molecule has 1 aromatic carbocycles. The van der Waals surface area contributed by atoms with Crippen LogP contribution >= 0.6 is 34.8 Å². The molecule has 2 aliphatic rings. The average molecular weight is 480 g/mol. The van der Waals surface area contributed by atoms with E-state index < -0.39 is 17.2 Å². The van der Waals surface area contributed by atoms with Crippen molar-refractivity contribution in [1.29, 1.82) is 0 Å². The number of rotatable bonds is 8. The molecule has 0 spiro atoms. The third-order valence-electron chi connectivity index (χ3n) is 7.83. The predicted octanol–water partition coefficient (Wildman–Crippen LogP) is 7.81. The molecule has 5 atom stereocenters. The average Bonchev–Trinajstić information content (AvgIpc) is 2.95. The highest BCUT2D eigenvalue weighted by Crippen LogP contribution is 2.53. The van der Waals surface area contributed by atoms with Gasteiger partial charge in [-0.15, -0.1) is 11.6 Å². The lowest BCUT2D eigenvalue weighted by Gasteiger charge is -2.41.